The Labute approximate surface area is 97.0 Å². The molecule has 3 nitrogen and oxygen atoms in total. The molecule has 3 N–H and O–H groups in total. The number of hydrogen-bond donors (Lipinski definition) is 2. The standard InChI is InChI=1S/C11H10ClFN2O/c12-11-8(5-6-16-11)10(15-14)7-3-1-2-4-9(7)13/h1-6,10,15H,14H2. The molecule has 2 aromatic rings. The molecule has 0 spiro atoms. The van der Waals surface area contributed by atoms with Gasteiger partial charge in [0.1, 0.15) is 5.82 Å². The molecule has 1 heterocycles. The van der Waals surface area contributed by atoms with E-state index in [0.29, 0.717) is 11.1 Å². The number of hydrazine groups is 1. The average Bonchev–Trinajstić information content (AvgIpc) is 2.69. The van der Waals surface area contributed by atoms with Gasteiger partial charge in [0.05, 0.1) is 12.3 Å². The Morgan fingerprint density at radius 2 is 2.00 bits per heavy atom. The van der Waals surface area contributed by atoms with E-state index in [1.165, 1.54) is 12.3 Å². The maximum Gasteiger partial charge on any atom is 0.198 e. The second-order valence-corrected chi connectivity index (χ2v) is 3.61. The van der Waals surface area contributed by atoms with Crippen LogP contribution in [0.25, 0.3) is 0 Å². The molecule has 16 heavy (non-hydrogen) atoms. The molecule has 0 aliphatic rings. The first kappa shape index (κ1) is 11.1. The maximum absolute atomic E-state index is 13.6. The summed E-state index contributed by atoms with van der Waals surface area (Å²) in [6.45, 7) is 0. The zero-order chi connectivity index (χ0) is 11.5. The molecule has 0 radical (unpaired) electrons. The van der Waals surface area contributed by atoms with Crippen LogP contribution in [-0.4, -0.2) is 0 Å². The van der Waals surface area contributed by atoms with Crippen molar-refractivity contribution >= 4 is 11.6 Å². The average molecular weight is 241 g/mol. The number of nitrogens with two attached hydrogens (primary N) is 1. The van der Waals surface area contributed by atoms with Crippen molar-refractivity contribution in [3.8, 4) is 0 Å². The minimum absolute atomic E-state index is 0.200. The number of hydrogen-bond acceptors (Lipinski definition) is 3. The normalized spacial score (nSPS) is 12.7. The molecule has 1 aromatic heterocycles. The van der Waals surface area contributed by atoms with Crippen LogP contribution >= 0.6 is 11.6 Å². The number of rotatable bonds is 3. The summed E-state index contributed by atoms with van der Waals surface area (Å²) in [4.78, 5) is 0. The Balaban J connectivity index is 2.45. The van der Waals surface area contributed by atoms with E-state index in [2.05, 4.69) is 5.43 Å². The molecule has 5 heteroatoms. The summed E-state index contributed by atoms with van der Waals surface area (Å²) < 4.78 is 18.5. The van der Waals surface area contributed by atoms with Crippen LogP contribution in [0.5, 0.6) is 0 Å². The first-order valence-electron chi connectivity index (χ1n) is 4.67. The molecule has 0 amide bonds. The Morgan fingerprint density at radius 3 is 2.56 bits per heavy atom. The topological polar surface area (TPSA) is 51.2 Å². The Bertz CT molecular complexity index is 486. The smallest absolute Gasteiger partial charge is 0.198 e. The summed E-state index contributed by atoms with van der Waals surface area (Å²) in [5, 5.41) is 0.200. The number of furan rings is 1. The van der Waals surface area contributed by atoms with Crippen LogP contribution in [-0.2, 0) is 0 Å². The Morgan fingerprint density at radius 1 is 1.25 bits per heavy atom. The van der Waals surface area contributed by atoms with E-state index < -0.39 is 6.04 Å². The van der Waals surface area contributed by atoms with Crippen molar-refractivity contribution in [2.45, 2.75) is 6.04 Å². The van der Waals surface area contributed by atoms with Gasteiger partial charge in [-0.2, -0.15) is 0 Å². The van der Waals surface area contributed by atoms with Crippen molar-refractivity contribution < 1.29 is 8.81 Å². The highest BCUT2D eigenvalue weighted by molar-refractivity contribution is 6.29. The minimum atomic E-state index is -0.521. The second kappa shape index (κ2) is 4.65. The van der Waals surface area contributed by atoms with Gasteiger partial charge in [0.2, 0.25) is 0 Å². The van der Waals surface area contributed by atoms with E-state index >= 15 is 0 Å². The third-order valence-electron chi connectivity index (χ3n) is 2.34. The van der Waals surface area contributed by atoms with E-state index in [0.717, 1.165) is 0 Å². The molecule has 0 aliphatic carbocycles. The van der Waals surface area contributed by atoms with Crippen molar-refractivity contribution in [3.63, 3.8) is 0 Å². The summed E-state index contributed by atoms with van der Waals surface area (Å²) in [6.07, 6.45) is 1.43. The van der Waals surface area contributed by atoms with Crippen molar-refractivity contribution in [2.24, 2.45) is 5.84 Å². The summed E-state index contributed by atoms with van der Waals surface area (Å²) in [7, 11) is 0. The molecule has 0 bridgehead atoms. The fraction of sp³-hybridized carbons (Fsp3) is 0.0909. The summed E-state index contributed by atoms with van der Waals surface area (Å²) in [5.41, 5.74) is 3.55. The van der Waals surface area contributed by atoms with Crippen molar-refractivity contribution in [1.29, 1.82) is 0 Å². The molecule has 0 saturated heterocycles. The molecule has 0 saturated carbocycles. The monoisotopic (exact) mass is 240 g/mol. The predicted octanol–water partition coefficient (Wildman–Crippen LogP) is 2.62. The lowest BCUT2D eigenvalue weighted by atomic mass is 10.0. The van der Waals surface area contributed by atoms with Gasteiger partial charge < -0.3 is 4.42 Å². The van der Waals surface area contributed by atoms with Crippen LogP contribution in [0.4, 0.5) is 4.39 Å². The maximum atomic E-state index is 13.6. The minimum Gasteiger partial charge on any atom is -0.453 e. The van der Waals surface area contributed by atoms with Gasteiger partial charge in [0.15, 0.2) is 5.22 Å². The van der Waals surface area contributed by atoms with E-state index in [-0.39, 0.29) is 11.0 Å². The van der Waals surface area contributed by atoms with Crippen LogP contribution < -0.4 is 11.3 Å². The van der Waals surface area contributed by atoms with Gasteiger partial charge in [-0.15, -0.1) is 0 Å². The van der Waals surface area contributed by atoms with Crippen LogP contribution in [0.3, 0.4) is 0 Å². The van der Waals surface area contributed by atoms with Crippen LogP contribution in [0.2, 0.25) is 5.22 Å². The van der Waals surface area contributed by atoms with Crippen molar-refractivity contribution in [2.75, 3.05) is 0 Å². The van der Waals surface area contributed by atoms with E-state index in [1.807, 2.05) is 0 Å². The SMILES string of the molecule is NNC(c1ccccc1F)c1ccoc1Cl. The quantitative estimate of drug-likeness (QED) is 0.641. The largest absolute Gasteiger partial charge is 0.453 e. The van der Waals surface area contributed by atoms with Crippen LogP contribution in [0.15, 0.2) is 41.0 Å². The summed E-state index contributed by atoms with van der Waals surface area (Å²) in [5.74, 6) is 5.07. The van der Waals surface area contributed by atoms with Gasteiger partial charge in [-0.1, -0.05) is 18.2 Å². The van der Waals surface area contributed by atoms with Gasteiger partial charge in [-0.3, -0.25) is 5.84 Å². The highest BCUT2D eigenvalue weighted by Crippen LogP contribution is 2.29. The molecular formula is C11H10ClFN2O. The van der Waals surface area contributed by atoms with Crippen LogP contribution in [0, 0.1) is 5.82 Å². The van der Waals surface area contributed by atoms with Crippen LogP contribution in [0.1, 0.15) is 17.2 Å². The van der Waals surface area contributed by atoms with E-state index in [4.69, 9.17) is 21.9 Å². The van der Waals surface area contributed by atoms with Gasteiger partial charge in [-0.05, 0) is 23.7 Å². The first-order valence-corrected chi connectivity index (χ1v) is 5.05. The first-order chi connectivity index (χ1) is 7.74. The molecule has 2 rings (SSSR count). The zero-order valence-electron chi connectivity index (χ0n) is 8.28. The van der Waals surface area contributed by atoms with E-state index in [1.54, 1.807) is 24.3 Å². The third-order valence-corrected chi connectivity index (χ3v) is 2.65. The Hall–Kier alpha value is -1.36. The molecule has 0 aliphatic heterocycles. The number of benzene rings is 1. The lowest BCUT2D eigenvalue weighted by molar-refractivity contribution is 0.540. The van der Waals surface area contributed by atoms with Crippen molar-refractivity contribution in [3.05, 3.63) is 58.8 Å². The lowest BCUT2D eigenvalue weighted by Gasteiger charge is -2.15. The summed E-state index contributed by atoms with van der Waals surface area (Å²) in [6, 6.07) is 7.49. The fourth-order valence-corrected chi connectivity index (χ4v) is 1.79. The highest BCUT2D eigenvalue weighted by atomic mass is 35.5. The third kappa shape index (κ3) is 1.95. The zero-order valence-corrected chi connectivity index (χ0v) is 9.04. The highest BCUT2D eigenvalue weighted by Gasteiger charge is 2.20. The molecular weight excluding hydrogens is 231 g/mol. The molecule has 1 aromatic carbocycles. The van der Waals surface area contributed by atoms with Crippen molar-refractivity contribution in [1.82, 2.24) is 5.43 Å². The lowest BCUT2D eigenvalue weighted by Crippen LogP contribution is -2.29. The van der Waals surface area contributed by atoms with Gasteiger partial charge in [0, 0.05) is 11.1 Å². The number of halogens is 2. The van der Waals surface area contributed by atoms with E-state index in [9.17, 15) is 4.39 Å². The molecule has 1 atom stereocenters. The summed E-state index contributed by atoms with van der Waals surface area (Å²) >= 11 is 5.83. The molecule has 1 unspecified atom stereocenters. The molecule has 0 fully saturated rings. The Kier molecular flexibility index (Phi) is 3.24. The van der Waals surface area contributed by atoms with Gasteiger partial charge in [-0.25, -0.2) is 9.82 Å². The predicted molar refractivity (Wildman–Crippen MR) is 59.3 cm³/mol. The molecule has 84 valence electrons. The van der Waals surface area contributed by atoms with Gasteiger partial charge >= 0.3 is 0 Å². The second-order valence-electron chi connectivity index (χ2n) is 3.27. The fourth-order valence-electron chi connectivity index (χ4n) is 1.57. The van der Waals surface area contributed by atoms with Gasteiger partial charge in [0.25, 0.3) is 0 Å². The number of nitrogens with one attached hydrogen (secondary N) is 1.